The molecule has 1 amide bonds. The molecule has 29 heavy (non-hydrogen) atoms. The van der Waals surface area contributed by atoms with Crippen LogP contribution in [0.1, 0.15) is 21.5 Å². The molecule has 0 bridgehead atoms. The van der Waals surface area contributed by atoms with Crippen LogP contribution >= 0.6 is 0 Å². The van der Waals surface area contributed by atoms with Crippen LogP contribution in [0.2, 0.25) is 0 Å². The summed E-state index contributed by atoms with van der Waals surface area (Å²) < 4.78 is 0. The maximum Gasteiger partial charge on any atom is 0.338 e. The summed E-state index contributed by atoms with van der Waals surface area (Å²) in [6.07, 6.45) is 2.78. The Hall–Kier alpha value is -4.15. The fraction of sp³-hybridized carbons (Fsp3) is 0.167. The third-order valence-electron chi connectivity index (χ3n) is 4.31. The number of nitrogens with zero attached hydrogens (tertiary/aromatic N) is 1. The van der Waals surface area contributed by atoms with E-state index < -0.39 is 23.9 Å². The average Bonchev–Trinajstić information content (AvgIpc) is 3.07. The van der Waals surface area contributed by atoms with Crippen LogP contribution in [0.4, 0.5) is 5.95 Å². The number of aromatic amines is 2. The summed E-state index contributed by atoms with van der Waals surface area (Å²) in [5.41, 5.74) is 7.35. The van der Waals surface area contributed by atoms with Gasteiger partial charge >= 0.3 is 11.9 Å². The minimum atomic E-state index is -2.02. The predicted molar refractivity (Wildman–Crippen MR) is 102 cm³/mol. The average molecular weight is 399 g/mol. The van der Waals surface area contributed by atoms with Crippen molar-refractivity contribution in [1.29, 1.82) is 0 Å². The van der Waals surface area contributed by atoms with Crippen LogP contribution < -0.4 is 16.6 Å². The van der Waals surface area contributed by atoms with E-state index >= 15 is 0 Å². The number of nitrogens with two attached hydrogens (primary N) is 1. The topological polar surface area (TPSA) is 191 Å². The molecule has 0 aliphatic carbocycles. The zero-order chi connectivity index (χ0) is 21.1. The van der Waals surface area contributed by atoms with Crippen molar-refractivity contribution in [2.45, 2.75) is 18.9 Å². The molecule has 3 rings (SSSR count). The third kappa shape index (κ3) is 4.24. The zero-order valence-electron chi connectivity index (χ0n) is 14.9. The minimum absolute atomic E-state index is 0.0257. The molecule has 0 aliphatic rings. The van der Waals surface area contributed by atoms with Crippen LogP contribution in [0.15, 0.2) is 35.3 Å². The molecule has 0 saturated carbocycles. The maximum absolute atomic E-state index is 12.1. The standard InChI is InChI=1S/C18H17N5O6/c19-18-22-13-11(15(25)23-18)10(7-20-13)6-3-8-1-4-9(5-2-8)14(24)21-12(16(26)27)17(28)29/h1-2,4-5,7,12H,3,6H2,(H,21,24)(H,26,27)(H,28,29)(H4,19,20,22,23,25). The molecule has 0 unspecified atom stereocenters. The fourth-order valence-electron chi connectivity index (χ4n) is 2.86. The summed E-state index contributed by atoms with van der Waals surface area (Å²) >= 11 is 0. The molecule has 7 N–H and O–H groups in total. The number of hydrogen-bond donors (Lipinski definition) is 6. The second-order valence-corrected chi connectivity index (χ2v) is 6.27. The molecule has 11 nitrogen and oxygen atoms in total. The van der Waals surface area contributed by atoms with E-state index in [9.17, 15) is 19.2 Å². The summed E-state index contributed by atoms with van der Waals surface area (Å²) in [6, 6.07) is 4.25. The van der Waals surface area contributed by atoms with Crippen molar-refractivity contribution >= 4 is 34.8 Å². The number of rotatable bonds is 7. The van der Waals surface area contributed by atoms with E-state index in [1.54, 1.807) is 18.3 Å². The van der Waals surface area contributed by atoms with Crippen LogP contribution in [0.25, 0.3) is 11.0 Å². The molecule has 150 valence electrons. The fourth-order valence-corrected chi connectivity index (χ4v) is 2.86. The van der Waals surface area contributed by atoms with Crippen molar-refractivity contribution in [1.82, 2.24) is 20.3 Å². The van der Waals surface area contributed by atoms with E-state index in [4.69, 9.17) is 15.9 Å². The normalized spacial score (nSPS) is 10.9. The SMILES string of the molecule is Nc1nc2[nH]cc(CCc3ccc(C(=O)NC(C(=O)O)C(=O)O)cc3)c2c(=O)[nH]1. The smallest absolute Gasteiger partial charge is 0.338 e. The Balaban J connectivity index is 1.68. The van der Waals surface area contributed by atoms with E-state index in [0.717, 1.165) is 11.1 Å². The van der Waals surface area contributed by atoms with Gasteiger partial charge in [-0.2, -0.15) is 4.98 Å². The number of hydrogen-bond acceptors (Lipinski definition) is 6. The quantitative estimate of drug-likeness (QED) is 0.296. The van der Waals surface area contributed by atoms with Gasteiger partial charge in [-0.1, -0.05) is 12.1 Å². The first-order valence-corrected chi connectivity index (χ1v) is 8.47. The molecule has 0 saturated heterocycles. The number of fused-ring (bicyclic) bond motifs is 1. The number of anilines is 1. The molecule has 11 heteroatoms. The molecule has 1 aromatic carbocycles. The Bertz CT molecular complexity index is 1130. The molecule has 0 spiro atoms. The number of nitrogens with one attached hydrogen (secondary N) is 3. The highest BCUT2D eigenvalue weighted by Crippen LogP contribution is 2.16. The summed E-state index contributed by atoms with van der Waals surface area (Å²) in [4.78, 5) is 55.2. The first kappa shape index (κ1) is 19.6. The Morgan fingerprint density at radius 3 is 2.38 bits per heavy atom. The lowest BCUT2D eigenvalue weighted by Gasteiger charge is -2.10. The molecule has 0 radical (unpaired) electrons. The highest BCUT2D eigenvalue weighted by Gasteiger charge is 2.27. The van der Waals surface area contributed by atoms with E-state index in [2.05, 4.69) is 15.0 Å². The van der Waals surface area contributed by atoms with Crippen molar-refractivity contribution < 1.29 is 24.6 Å². The van der Waals surface area contributed by atoms with Crippen LogP contribution in [-0.4, -0.2) is 49.1 Å². The Morgan fingerprint density at radius 2 is 1.76 bits per heavy atom. The van der Waals surface area contributed by atoms with Gasteiger partial charge in [0.15, 0.2) is 0 Å². The number of nitrogen functional groups attached to an aromatic ring is 1. The third-order valence-corrected chi connectivity index (χ3v) is 4.31. The van der Waals surface area contributed by atoms with Gasteiger partial charge in [0.1, 0.15) is 5.65 Å². The summed E-state index contributed by atoms with van der Waals surface area (Å²) in [5.74, 6) is -4.10. The summed E-state index contributed by atoms with van der Waals surface area (Å²) in [6.45, 7) is 0. The number of aliphatic carboxylic acids is 2. The number of carbonyl (C=O) groups excluding carboxylic acids is 1. The van der Waals surface area contributed by atoms with Crippen molar-refractivity contribution in [2.24, 2.45) is 0 Å². The van der Waals surface area contributed by atoms with Gasteiger partial charge in [-0.15, -0.1) is 0 Å². The lowest BCUT2D eigenvalue weighted by atomic mass is 10.0. The van der Waals surface area contributed by atoms with Crippen molar-refractivity contribution in [3.8, 4) is 0 Å². The molecule has 0 atom stereocenters. The Labute approximate surface area is 162 Å². The lowest BCUT2D eigenvalue weighted by molar-refractivity contribution is -0.150. The van der Waals surface area contributed by atoms with Gasteiger partial charge in [-0.25, -0.2) is 9.59 Å². The number of carboxylic acids is 2. The van der Waals surface area contributed by atoms with Crippen LogP contribution in [0, 0.1) is 0 Å². The van der Waals surface area contributed by atoms with Crippen LogP contribution in [-0.2, 0) is 22.4 Å². The minimum Gasteiger partial charge on any atom is -0.479 e. The van der Waals surface area contributed by atoms with Crippen molar-refractivity contribution in [2.75, 3.05) is 5.73 Å². The molecular formula is C18H17N5O6. The molecule has 0 aliphatic heterocycles. The van der Waals surface area contributed by atoms with Gasteiger partial charge in [-0.3, -0.25) is 14.6 Å². The summed E-state index contributed by atoms with van der Waals surface area (Å²) in [5, 5.41) is 20.0. The molecule has 2 aromatic heterocycles. The Kier molecular flexibility index (Phi) is 5.30. The zero-order valence-corrected chi connectivity index (χ0v) is 14.9. The van der Waals surface area contributed by atoms with Gasteiger partial charge in [0.05, 0.1) is 5.39 Å². The summed E-state index contributed by atoms with van der Waals surface area (Å²) in [7, 11) is 0. The molecule has 3 aromatic rings. The monoisotopic (exact) mass is 399 g/mol. The van der Waals surface area contributed by atoms with Gasteiger partial charge in [0, 0.05) is 11.8 Å². The van der Waals surface area contributed by atoms with Gasteiger partial charge < -0.3 is 26.2 Å². The van der Waals surface area contributed by atoms with Gasteiger partial charge in [-0.05, 0) is 36.1 Å². The lowest BCUT2D eigenvalue weighted by Crippen LogP contribution is -2.46. The van der Waals surface area contributed by atoms with Crippen LogP contribution in [0.5, 0.6) is 0 Å². The van der Waals surface area contributed by atoms with Crippen molar-refractivity contribution in [3.63, 3.8) is 0 Å². The van der Waals surface area contributed by atoms with E-state index in [0.29, 0.717) is 23.9 Å². The second kappa shape index (κ2) is 7.84. The number of aromatic nitrogens is 3. The highest BCUT2D eigenvalue weighted by molar-refractivity contribution is 6.04. The molecule has 0 fully saturated rings. The van der Waals surface area contributed by atoms with Crippen molar-refractivity contribution in [3.05, 3.63) is 57.5 Å². The largest absolute Gasteiger partial charge is 0.479 e. The number of amides is 1. The van der Waals surface area contributed by atoms with Gasteiger partial charge in [0.2, 0.25) is 12.0 Å². The number of benzene rings is 1. The second-order valence-electron chi connectivity index (χ2n) is 6.27. The van der Waals surface area contributed by atoms with E-state index in [1.165, 1.54) is 12.1 Å². The maximum atomic E-state index is 12.1. The van der Waals surface area contributed by atoms with Crippen LogP contribution in [0.3, 0.4) is 0 Å². The number of carbonyl (C=O) groups is 3. The van der Waals surface area contributed by atoms with Gasteiger partial charge in [0.25, 0.3) is 11.5 Å². The number of aryl methyl sites for hydroxylation is 2. The predicted octanol–water partition coefficient (Wildman–Crippen LogP) is -0.114. The number of carboxylic acid groups (broad SMARTS) is 2. The number of H-pyrrole nitrogens is 2. The van der Waals surface area contributed by atoms with E-state index in [-0.39, 0.29) is 17.1 Å². The first-order valence-electron chi connectivity index (χ1n) is 8.47. The molecular weight excluding hydrogens is 382 g/mol. The Morgan fingerprint density at radius 1 is 1.10 bits per heavy atom. The highest BCUT2D eigenvalue weighted by atomic mass is 16.4. The first-order chi connectivity index (χ1) is 13.8. The van der Waals surface area contributed by atoms with E-state index in [1.807, 2.05) is 5.32 Å². The molecule has 2 heterocycles.